The Bertz CT molecular complexity index is 415. The molecule has 0 amide bonds. The smallest absolute Gasteiger partial charge is 0.123 e. The zero-order chi connectivity index (χ0) is 13.6. The number of hydrogen-bond acceptors (Lipinski definition) is 4. The van der Waals surface area contributed by atoms with Crippen LogP contribution in [0.1, 0.15) is 18.4 Å². The van der Waals surface area contributed by atoms with E-state index in [4.69, 9.17) is 9.47 Å². The van der Waals surface area contributed by atoms with E-state index in [1.807, 2.05) is 6.07 Å². The van der Waals surface area contributed by atoms with Crippen LogP contribution in [-0.4, -0.2) is 50.4 Å². The van der Waals surface area contributed by atoms with Gasteiger partial charge in [-0.25, -0.2) is 0 Å². The molecular formula is C16H24N2O2. The Morgan fingerprint density at radius 1 is 1.20 bits per heavy atom. The second-order valence-corrected chi connectivity index (χ2v) is 5.57. The number of benzene rings is 1. The predicted octanol–water partition coefficient (Wildman–Crippen LogP) is 1.65. The number of hydrogen-bond donors (Lipinski definition) is 1. The summed E-state index contributed by atoms with van der Waals surface area (Å²) in [5.41, 5.74) is 1.27. The first kappa shape index (κ1) is 13.9. The number of nitrogens with zero attached hydrogens (tertiary/aromatic N) is 1. The van der Waals surface area contributed by atoms with E-state index in [1.54, 1.807) is 0 Å². The molecule has 0 bridgehead atoms. The molecule has 20 heavy (non-hydrogen) atoms. The van der Waals surface area contributed by atoms with Gasteiger partial charge in [-0.2, -0.15) is 0 Å². The molecule has 3 rings (SSSR count). The molecule has 4 nitrogen and oxygen atoms in total. The van der Waals surface area contributed by atoms with Crippen molar-refractivity contribution in [3.8, 4) is 5.75 Å². The van der Waals surface area contributed by atoms with Crippen LogP contribution in [0.3, 0.4) is 0 Å². The average Bonchev–Trinajstić information content (AvgIpc) is 3.32. The molecule has 1 heterocycles. The summed E-state index contributed by atoms with van der Waals surface area (Å²) in [6.07, 6.45) is 2.64. The quantitative estimate of drug-likeness (QED) is 0.821. The lowest BCUT2D eigenvalue weighted by Gasteiger charge is -2.26. The van der Waals surface area contributed by atoms with Gasteiger partial charge in [-0.1, -0.05) is 18.2 Å². The van der Waals surface area contributed by atoms with E-state index in [-0.39, 0.29) is 0 Å². The Morgan fingerprint density at radius 3 is 2.80 bits per heavy atom. The maximum Gasteiger partial charge on any atom is 0.123 e. The van der Waals surface area contributed by atoms with E-state index >= 15 is 0 Å². The number of para-hydroxylation sites is 1. The molecule has 0 radical (unpaired) electrons. The fourth-order valence-electron chi connectivity index (χ4n) is 2.44. The first-order valence-corrected chi connectivity index (χ1v) is 7.66. The van der Waals surface area contributed by atoms with Gasteiger partial charge in [0.05, 0.1) is 13.2 Å². The Balaban J connectivity index is 1.45. The minimum atomic E-state index is 0.733. The van der Waals surface area contributed by atoms with Crippen molar-refractivity contribution in [3.05, 3.63) is 29.8 Å². The maximum atomic E-state index is 5.97. The normalized spacial score (nSPS) is 20.0. The first-order chi connectivity index (χ1) is 9.92. The molecule has 1 saturated carbocycles. The molecule has 1 aromatic rings. The maximum absolute atomic E-state index is 5.97. The molecule has 0 spiro atoms. The molecule has 0 unspecified atom stereocenters. The third-order valence-electron chi connectivity index (χ3n) is 3.90. The zero-order valence-electron chi connectivity index (χ0n) is 12.0. The van der Waals surface area contributed by atoms with Crippen LogP contribution in [0.2, 0.25) is 0 Å². The SMILES string of the molecule is c1ccc(OCCN2CCOCC2)c(CNC2CC2)c1. The van der Waals surface area contributed by atoms with E-state index in [2.05, 4.69) is 28.4 Å². The molecule has 110 valence electrons. The Hall–Kier alpha value is -1.10. The van der Waals surface area contributed by atoms with Crippen molar-refractivity contribution >= 4 is 0 Å². The van der Waals surface area contributed by atoms with Gasteiger partial charge in [-0.15, -0.1) is 0 Å². The Kier molecular flexibility index (Phi) is 4.90. The summed E-state index contributed by atoms with van der Waals surface area (Å²) in [6.45, 7) is 6.39. The topological polar surface area (TPSA) is 33.7 Å². The van der Waals surface area contributed by atoms with Gasteiger partial charge < -0.3 is 14.8 Å². The van der Waals surface area contributed by atoms with Crippen molar-refractivity contribution in [1.29, 1.82) is 0 Å². The van der Waals surface area contributed by atoms with Crippen LogP contribution in [-0.2, 0) is 11.3 Å². The van der Waals surface area contributed by atoms with E-state index in [0.717, 1.165) is 57.8 Å². The van der Waals surface area contributed by atoms with Crippen LogP contribution < -0.4 is 10.1 Å². The summed E-state index contributed by atoms with van der Waals surface area (Å²) in [5, 5.41) is 3.55. The third-order valence-corrected chi connectivity index (χ3v) is 3.90. The van der Waals surface area contributed by atoms with Gasteiger partial charge in [0, 0.05) is 37.8 Å². The second-order valence-electron chi connectivity index (χ2n) is 5.57. The van der Waals surface area contributed by atoms with Crippen LogP contribution in [0.25, 0.3) is 0 Å². The standard InChI is InChI=1S/C16H24N2O2/c1-2-4-16(14(3-1)13-17-15-5-6-15)20-12-9-18-7-10-19-11-8-18/h1-4,15,17H,5-13H2. The van der Waals surface area contributed by atoms with Gasteiger partial charge in [0.15, 0.2) is 0 Å². The minimum Gasteiger partial charge on any atom is -0.492 e. The van der Waals surface area contributed by atoms with Crippen LogP contribution in [0.4, 0.5) is 0 Å². The van der Waals surface area contributed by atoms with Gasteiger partial charge in [0.2, 0.25) is 0 Å². The summed E-state index contributed by atoms with van der Waals surface area (Å²) in [7, 11) is 0. The molecule has 1 aliphatic carbocycles. The van der Waals surface area contributed by atoms with Crippen molar-refractivity contribution in [2.24, 2.45) is 0 Å². The van der Waals surface area contributed by atoms with E-state index in [9.17, 15) is 0 Å². The highest BCUT2D eigenvalue weighted by Gasteiger charge is 2.20. The molecule has 2 aliphatic rings. The summed E-state index contributed by atoms with van der Waals surface area (Å²) in [4.78, 5) is 2.40. The summed E-state index contributed by atoms with van der Waals surface area (Å²) >= 11 is 0. The molecule has 1 aromatic carbocycles. The zero-order valence-corrected chi connectivity index (χ0v) is 12.0. The molecule has 1 aliphatic heterocycles. The summed E-state index contributed by atoms with van der Waals surface area (Å²) < 4.78 is 11.3. The highest BCUT2D eigenvalue weighted by Crippen LogP contribution is 2.22. The number of morpholine rings is 1. The molecule has 1 saturated heterocycles. The van der Waals surface area contributed by atoms with Crippen LogP contribution >= 0.6 is 0 Å². The van der Waals surface area contributed by atoms with Gasteiger partial charge in [-0.05, 0) is 18.9 Å². The molecule has 1 N–H and O–H groups in total. The number of ether oxygens (including phenoxy) is 2. The van der Waals surface area contributed by atoms with Crippen molar-refractivity contribution in [2.75, 3.05) is 39.5 Å². The number of nitrogens with one attached hydrogen (secondary N) is 1. The van der Waals surface area contributed by atoms with Crippen LogP contribution in [0.15, 0.2) is 24.3 Å². The fraction of sp³-hybridized carbons (Fsp3) is 0.625. The summed E-state index contributed by atoms with van der Waals surface area (Å²) in [5.74, 6) is 1.02. The van der Waals surface area contributed by atoms with Gasteiger partial charge in [0.1, 0.15) is 12.4 Å². The average molecular weight is 276 g/mol. The Labute approximate surface area is 121 Å². The van der Waals surface area contributed by atoms with E-state index in [1.165, 1.54) is 18.4 Å². The lowest BCUT2D eigenvalue weighted by Crippen LogP contribution is -2.38. The highest BCUT2D eigenvalue weighted by atomic mass is 16.5. The first-order valence-electron chi connectivity index (χ1n) is 7.66. The van der Waals surface area contributed by atoms with Crippen LogP contribution in [0, 0.1) is 0 Å². The molecular weight excluding hydrogens is 252 g/mol. The van der Waals surface area contributed by atoms with Crippen molar-refractivity contribution in [3.63, 3.8) is 0 Å². The molecule has 2 fully saturated rings. The fourth-order valence-corrected chi connectivity index (χ4v) is 2.44. The lowest BCUT2D eigenvalue weighted by atomic mass is 10.2. The largest absolute Gasteiger partial charge is 0.492 e. The molecule has 0 aromatic heterocycles. The number of rotatable bonds is 7. The predicted molar refractivity (Wildman–Crippen MR) is 79.1 cm³/mol. The third kappa shape index (κ3) is 4.20. The van der Waals surface area contributed by atoms with Crippen molar-refractivity contribution in [1.82, 2.24) is 10.2 Å². The molecule has 0 atom stereocenters. The van der Waals surface area contributed by atoms with Crippen LogP contribution in [0.5, 0.6) is 5.75 Å². The summed E-state index contributed by atoms with van der Waals surface area (Å²) in [6, 6.07) is 9.09. The lowest BCUT2D eigenvalue weighted by molar-refractivity contribution is 0.0322. The van der Waals surface area contributed by atoms with E-state index in [0.29, 0.717) is 0 Å². The van der Waals surface area contributed by atoms with Gasteiger partial charge in [-0.3, -0.25) is 4.90 Å². The van der Waals surface area contributed by atoms with Gasteiger partial charge in [0.25, 0.3) is 0 Å². The van der Waals surface area contributed by atoms with E-state index < -0.39 is 0 Å². The van der Waals surface area contributed by atoms with Crippen molar-refractivity contribution < 1.29 is 9.47 Å². The highest BCUT2D eigenvalue weighted by molar-refractivity contribution is 5.33. The van der Waals surface area contributed by atoms with Gasteiger partial charge >= 0.3 is 0 Å². The van der Waals surface area contributed by atoms with Crippen molar-refractivity contribution in [2.45, 2.75) is 25.4 Å². The Morgan fingerprint density at radius 2 is 2.00 bits per heavy atom. The monoisotopic (exact) mass is 276 g/mol. The minimum absolute atomic E-state index is 0.733. The second kappa shape index (κ2) is 7.07. The molecule has 4 heteroatoms.